The maximum atomic E-state index is 12.6. The van der Waals surface area contributed by atoms with Crippen molar-refractivity contribution in [1.82, 2.24) is 4.98 Å². The van der Waals surface area contributed by atoms with Crippen LogP contribution in [0, 0.1) is 6.92 Å². The Morgan fingerprint density at radius 3 is 2.67 bits per heavy atom. The van der Waals surface area contributed by atoms with Gasteiger partial charge in [-0.2, -0.15) is 0 Å². The Morgan fingerprint density at radius 1 is 1.13 bits per heavy atom. The molecule has 1 amide bonds. The highest BCUT2D eigenvalue weighted by Gasteiger charge is 2.36. The first-order chi connectivity index (χ1) is 14.4. The molecule has 2 aromatic carbocycles. The first kappa shape index (κ1) is 19.5. The van der Waals surface area contributed by atoms with Crippen LogP contribution in [-0.4, -0.2) is 31.1 Å². The standard InChI is InChI=1S/C22H20N2O6/c1-11-8-18(25)24-15-9-12(4-5-13(11)15)23-19(26)10-17-14-6-7-16(28-2)21(29-3)20(14)22(27)30-17/h4-9,17H,10H2,1-3H3,(H,23,26)(H,24,25)/t17-/m0/s1. The van der Waals surface area contributed by atoms with Crippen molar-refractivity contribution < 1.29 is 23.8 Å². The number of pyridine rings is 1. The number of hydrogen-bond donors (Lipinski definition) is 2. The first-order valence-electron chi connectivity index (χ1n) is 9.30. The lowest BCUT2D eigenvalue weighted by molar-refractivity contribution is -0.118. The van der Waals surface area contributed by atoms with E-state index in [4.69, 9.17) is 14.2 Å². The van der Waals surface area contributed by atoms with Crippen LogP contribution < -0.4 is 20.3 Å². The van der Waals surface area contributed by atoms with Gasteiger partial charge >= 0.3 is 5.97 Å². The minimum Gasteiger partial charge on any atom is -0.493 e. The predicted octanol–water partition coefficient (Wildman–Crippen LogP) is 3.09. The Labute approximate surface area is 171 Å². The van der Waals surface area contributed by atoms with Crippen LogP contribution in [0.1, 0.15) is 34.0 Å². The van der Waals surface area contributed by atoms with Crippen LogP contribution in [-0.2, 0) is 9.53 Å². The molecule has 1 aliphatic heterocycles. The number of hydrogen-bond acceptors (Lipinski definition) is 6. The Balaban J connectivity index is 1.55. The fourth-order valence-electron chi connectivity index (χ4n) is 3.72. The molecule has 4 rings (SSSR count). The van der Waals surface area contributed by atoms with Crippen molar-refractivity contribution in [2.75, 3.05) is 19.5 Å². The Bertz CT molecular complexity index is 1230. The number of anilines is 1. The van der Waals surface area contributed by atoms with E-state index in [1.165, 1.54) is 20.3 Å². The number of aromatic nitrogens is 1. The molecule has 3 aromatic rings. The molecule has 0 saturated carbocycles. The summed E-state index contributed by atoms with van der Waals surface area (Å²) in [6.45, 7) is 1.85. The summed E-state index contributed by atoms with van der Waals surface area (Å²) in [5.74, 6) is -0.183. The number of nitrogens with one attached hydrogen (secondary N) is 2. The molecule has 8 nitrogen and oxygen atoms in total. The van der Waals surface area contributed by atoms with Gasteiger partial charge in [0.1, 0.15) is 11.7 Å². The molecule has 0 spiro atoms. The van der Waals surface area contributed by atoms with Crippen molar-refractivity contribution in [3.05, 3.63) is 63.4 Å². The highest BCUT2D eigenvalue weighted by Crippen LogP contribution is 2.43. The topological polar surface area (TPSA) is 107 Å². The van der Waals surface area contributed by atoms with Gasteiger partial charge in [0.2, 0.25) is 11.5 Å². The SMILES string of the molecule is COc1ccc2c(c1OC)C(=O)O[C@H]2CC(=O)Nc1ccc2c(C)cc(=O)[nH]c2c1. The molecule has 2 N–H and O–H groups in total. The van der Waals surface area contributed by atoms with Gasteiger partial charge in [0.05, 0.1) is 26.2 Å². The highest BCUT2D eigenvalue weighted by molar-refractivity contribution is 6.00. The van der Waals surface area contributed by atoms with Crippen molar-refractivity contribution in [3.63, 3.8) is 0 Å². The maximum Gasteiger partial charge on any atom is 0.343 e. The van der Waals surface area contributed by atoms with E-state index in [9.17, 15) is 14.4 Å². The van der Waals surface area contributed by atoms with Gasteiger partial charge in [-0.15, -0.1) is 0 Å². The molecule has 0 aliphatic carbocycles. The van der Waals surface area contributed by atoms with Gasteiger partial charge < -0.3 is 24.5 Å². The Morgan fingerprint density at radius 2 is 1.93 bits per heavy atom. The van der Waals surface area contributed by atoms with Gasteiger partial charge in [0, 0.05) is 22.7 Å². The van der Waals surface area contributed by atoms with Crippen LogP contribution in [0.2, 0.25) is 0 Å². The van der Waals surface area contributed by atoms with Gasteiger partial charge in [-0.3, -0.25) is 9.59 Å². The third kappa shape index (κ3) is 3.36. The van der Waals surface area contributed by atoms with E-state index in [0.717, 1.165) is 10.9 Å². The molecule has 1 aliphatic rings. The van der Waals surface area contributed by atoms with Crippen LogP contribution in [0.4, 0.5) is 5.69 Å². The fourth-order valence-corrected chi connectivity index (χ4v) is 3.72. The summed E-state index contributed by atoms with van der Waals surface area (Å²) in [6, 6.07) is 10.2. The number of carbonyl (C=O) groups is 2. The van der Waals surface area contributed by atoms with Crippen molar-refractivity contribution in [2.45, 2.75) is 19.4 Å². The molecule has 1 atom stereocenters. The van der Waals surface area contributed by atoms with E-state index in [2.05, 4.69) is 10.3 Å². The van der Waals surface area contributed by atoms with E-state index < -0.39 is 12.1 Å². The minimum atomic E-state index is -0.727. The maximum absolute atomic E-state index is 12.6. The van der Waals surface area contributed by atoms with Crippen molar-refractivity contribution >= 4 is 28.5 Å². The largest absolute Gasteiger partial charge is 0.493 e. The van der Waals surface area contributed by atoms with Gasteiger partial charge in [-0.25, -0.2) is 4.79 Å². The summed E-state index contributed by atoms with van der Waals surface area (Å²) >= 11 is 0. The average molecular weight is 408 g/mol. The second-order valence-electron chi connectivity index (χ2n) is 6.99. The average Bonchev–Trinajstić information content (AvgIpc) is 3.02. The second-order valence-corrected chi connectivity index (χ2v) is 6.99. The van der Waals surface area contributed by atoms with Crippen LogP contribution in [0.5, 0.6) is 11.5 Å². The van der Waals surface area contributed by atoms with Crippen molar-refractivity contribution in [1.29, 1.82) is 0 Å². The number of cyclic esters (lactones) is 1. The van der Waals surface area contributed by atoms with Crippen LogP contribution in [0.25, 0.3) is 10.9 Å². The van der Waals surface area contributed by atoms with Crippen molar-refractivity contribution in [2.24, 2.45) is 0 Å². The van der Waals surface area contributed by atoms with Gasteiger partial charge in [-0.1, -0.05) is 12.1 Å². The summed E-state index contributed by atoms with van der Waals surface area (Å²) in [6.07, 6.45) is -0.786. The number of esters is 1. The lowest BCUT2D eigenvalue weighted by atomic mass is 10.0. The Kier molecular flexibility index (Phi) is 4.91. The third-order valence-electron chi connectivity index (χ3n) is 5.08. The van der Waals surface area contributed by atoms with Crippen LogP contribution in [0.3, 0.4) is 0 Å². The smallest absolute Gasteiger partial charge is 0.343 e. The number of ether oxygens (including phenoxy) is 3. The summed E-state index contributed by atoms with van der Waals surface area (Å²) < 4.78 is 15.9. The summed E-state index contributed by atoms with van der Waals surface area (Å²) in [5.41, 5.74) is 2.66. The molecule has 0 radical (unpaired) electrons. The minimum absolute atomic E-state index is 0.0589. The predicted molar refractivity (Wildman–Crippen MR) is 110 cm³/mol. The number of methoxy groups -OCH3 is 2. The van der Waals surface area contributed by atoms with Crippen LogP contribution >= 0.6 is 0 Å². The summed E-state index contributed by atoms with van der Waals surface area (Å²) in [4.78, 5) is 39.4. The zero-order chi connectivity index (χ0) is 21.4. The number of benzene rings is 2. The molecule has 1 aromatic heterocycles. The normalized spacial score (nSPS) is 14.9. The lowest BCUT2D eigenvalue weighted by Gasteiger charge is -2.13. The molecule has 0 saturated heterocycles. The summed E-state index contributed by atoms with van der Waals surface area (Å²) in [7, 11) is 2.92. The fraction of sp³-hybridized carbons (Fsp3) is 0.227. The van der Waals surface area contributed by atoms with Gasteiger partial charge in [0.15, 0.2) is 11.5 Å². The zero-order valence-electron chi connectivity index (χ0n) is 16.7. The highest BCUT2D eigenvalue weighted by atomic mass is 16.6. The number of aromatic amines is 1. The Hall–Kier alpha value is -3.81. The number of H-pyrrole nitrogens is 1. The van der Waals surface area contributed by atoms with E-state index in [-0.39, 0.29) is 29.2 Å². The van der Waals surface area contributed by atoms with Crippen LogP contribution in [0.15, 0.2) is 41.2 Å². The molecule has 0 fully saturated rings. The molecular formula is C22H20N2O6. The number of rotatable bonds is 5. The molecule has 8 heteroatoms. The summed E-state index contributed by atoms with van der Waals surface area (Å²) in [5, 5.41) is 3.68. The number of aryl methyl sites for hydroxylation is 1. The van der Waals surface area contributed by atoms with E-state index >= 15 is 0 Å². The zero-order valence-corrected chi connectivity index (χ0v) is 16.7. The monoisotopic (exact) mass is 408 g/mol. The van der Waals surface area contributed by atoms with Gasteiger partial charge in [-0.05, 0) is 30.7 Å². The molecule has 0 unspecified atom stereocenters. The van der Waals surface area contributed by atoms with Gasteiger partial charge in [0.25, 0.3) is 0 Å². The number of amides is 1. The lowest BCUT2D eigenvalue weighted by Crippen LogP contribution is -2.16. The third-order valence-corrected chi connectivity index (χ3v) is 5.08. The van der Waals surface area contributed by atoms with Crippen molar-refractivity contribution in [3.8, 4) is 11.5 Å². The van der Waals surface area contributed by atoms with E-state index in [0.29, 0.717) is 22.5 Å². The number of carbonyl (C=O) groups excluding carboxylic acids is 2. The first-order valence-corrected chi connectivity index (χ1v) is 9.30. The molecule has 0 bridgehead atoms. The quantitative estimate of drug-likeness (QED) is 0.629. The molecule has 2 heterocycles. The molecule has 30 heavy (non-hydrogen) atoms. The molecular weight excluding hydrogens is 388 g/mol. The van der Waals surface area contributed by atoms with E-state index in [1.807, 2.05) is 13.0 Å². The second kappa shape index (κ2) is 7.55. The number of fused-ring (bicyclic) bond motifs is 2. The van der Waals surface area contributed by atoms with E-state index in [1.54, 1.807) is 24.3 Å². The molecule has 154 valence electrons.